The molecule has 4 rings (SSSR count). The van der Waals surface area contributed by atoms with Crippen molar-refractivity contribution < 1.29 is 4.79 Å². The summed E-state index contributed by atoms with van der Waals surface area (Å²) in [4.78, 5) is 43.3. The van der Waals surface area contributed by atoms with Crippen molar-refractivity contribution in [2.75, 3.05) is 0 Å². The molecule has 0 saturated carbocycles. The number of rotatable bonds is 5. The highest BCUT2D eigenvalue weighted by Crippen LogP contribution is 2.23. The molecule has 31 heavy (non-hydrogen) atoms. The number of nitrogens with zero attached hydrogens (tertiary/aromatic N) is 3. The second-order valence-corrected chi connectivity index (χ2v) is 9.15. The number of carbonyl (C=O) groups excluding carboxylic acids is 1. The molecule has 0 aliphatic carbocycles. The lowest BCUT2D eigenvalue weighted by Gasteiger charge is -2.08. The zero-order chi connectivity index (χ0) is 22.1. The third kappa shape index (κ3) is 4.34. The summed E-state index contributed by atoms with van der Waals surface area (Å²) in [6.45, 7) is 2.04. The van der Waals surface area contributed by atoms with Gasteiger partial charge in [0, 0.05) is 35.2 Å². The maximum absolute atomic E-state index is 13.0. The SMILES string of the molecule is Cc1c(=O)n(Cc2ccc(Br)c(Cl)c2)c(=O)n2cc(C(=O)NCc3cccnc3)sc12. The van der Waals surface area contributed by atoms with Gasteiger partial charge in [-0.2, -0.15) is 0 Å². The van der Waals surface area contributed by atoms with Crippen LogP contribution in [0, 0.1) is 6.92 Å². The normalized spacial score (nSPS) is 11.1. The average molecular weight is 520 g/mol. The van der Waals surface area contributed by atoms with Gasteiger partial charge < -0.3 is 5.32 Å². The van der Waals surface area contributed by atoms with Crippen LogP contribution < -0.4 is 16.6 Å². The molecule has 1 aromatic carbocycles. The minimum atomic E-state index is -0.507. The van der Waals surface area contributed by atoms with Gasteiger partial charge in [-0.25, -0.2) is 4.79 Å². The fourth-order valence-corrected chi connectivity index (χ4v) is 4.55. The highest BCUT2D eigenvalue weighted by molar-refractivity contribution is 9.10. The molecule has 3 aromatic heterocycles. The van der Waals surface area contributed by atoms with E-state index in [0.29, 0.717) is 26.8 Å². The molecule has 0 radical (unpaired) electrons. The molecule has 0 unspecified atom stereocenters. The van der Waals surface area contributed by atoms with Crippen LogP contribution in [0.5, 0.6) is 0 Å². The number of pyridine rings is 1. The monoisotopic (exact) mass is 518 g/mol. The van der Waals surface area contributed by atoms with Gasteiger partial charge in [-0.1, -0.05) is 23.7 Å². The minimum Gasteiger partial charge on any atom is -0.347 e. The molecule has 0 aliphatic heterocycles. The van der Waals surface area contributed by atoms with E-state index in [0.717, 1.165) is 31.5 Å². The first kappa shape index (κ1) is 21.5. The molecule has 0 aliphatic rings. The summed E-state index contributed by atoms with van der Waals surface area (Å²) in [6, 6.07) is 8.90. The number of amides is 1. The fraction of sp³-hybridized carbons (Fsp3) is 0.143. The molecule has 1 amide bonds. The Morgan fingerprint density at radius 1 is 1.26 bits per heavy atom. The number of hydrogen-bond donors (Lipinski definition) is 1. The maximum Gasteiger partial charge on any atom is 0.336 e. The second-order valence-electron chi connectivity index (χ2n) is 6.86. The Kier molecular flexibility index (Phi) is 6.08. The predicted octanol–water partition coefficient (Wildman–Crippen LogP) is 3.62. The van der Waals surface area contributed by atoms with Crippen molar-refractivity contribution in [2.24, 2.45) is 0 Å². The fourth-order valence-electron chi connectivity index (χ4n) is 3.10. The maximum atomic E-state index is 13.0. The van der Waals surface area contributed by atoms with Crippen molar-refractivity contribution in [3.8, 4) is 0 Å². The van der Waals surface area contributed by atoms with Crippen LogP contribution in [0.4, 0.5) is 0 Å². The van der Waals surface area contributed by atoms with E-state index in [9.17, 15) is 14.4 Å². The Labute approximate surface area is 194 Å². The van der Waals surface area contributed by atoms with Gasteiger partial charge in [-0.3, -0.25) is 23.5 Å². The van der Waals surface area contributed by atoms with Crippen LogP contribution in [0.25, 0.3) is 4.83 Å². The van der Waals surface area contributed by atoms with Crippen molar-refractivity contribution in [1.29, 1.82) is 0 Å². The lowest BCUT2D eigenvalue weighted by atomic mass is 10.2. The number of benzene rings is 1. The Hall–Kier alpha value is -2.75. The molecule has 3 heterocycles. The summed E-state index contributed by atoms with van der Waals surface area (Å²) in [7, 11) is 0. The largest absolute Gasteiger partial charge is 0.347 e. The topological polar surface area (TPSA) is 85.5 Å². The minimum absolute atomic E-state index is 0.0762. The first-order valence-corrected chi connectivity index (χ1v) is 11.2. The van der Waals surface area contributed by atoms with E-state index >= 15 is 0 Å². The second kappa shape index (κ2) is 8.78. The van der Waals surface area contributed by atoms with E-state index in [-0.39, 0.29) is 12.5 Å². The van der Waals surface area contributed by atoms with Crippen LogP contribution in [0.2, 0.25) is 5.02 Å². The molecule has 10 heteroatoms. The van der Waals surface area contributed by atoms with Crippen LogP contribution in [0.1, 0.15) is 26.4 Å². The van der Waals surface area contributed by atoms with E-state index in [4.69, 9.17) is 11.6 Å². The smallest absolute Gasteiger partial charge is 0.336 e. The molecule has 0 bridgehead atoms. The Balaban J connectivity index is 1.67. The van der Waals surface area contributed by atoms with Gasteiger partial charge in [0.1, 0.15) is 9.71 Å². The van der Waals surface area contributed by atoms with E-state index in [1.165, 1.54) is 10.6 Å². The van der Waals surface area contributed by atoms with E-state index in [1.54, 1.807) is 43.6 Å². The molecular weight excluding hydrogens is 504 g/mol. The van der Waals surface area contributed by atoms with Gasteiger partial charge in [-0.15, -0.1) is 11.3 Å². The third-order valence-corrected chi connectivity index (χ3v) is 7.16. The Morgan fingerprint density at radius 3 is 2.77 bits per heavy atom. The van der Waals surface area contributed by atoms with Gasteiger partial charge in [0.15, 0.2) is 0 Å². The van der Waals surface area contributed by atoms with Gasteiger partial charge in [0.25, 0.3) is 11.5 Å². The summed E-state index contributed by atoms with van der Waals surface area (Å²) >= 11 is 10.6. The molecule has 0 saturated heterocycles. The summed E-state index contributed by atoms with van der Waals surface area (Å²) in [5.74, 6) is -0.324. The van der Waals surface area contributed by atoms with Crippen molar-refractivity contribution >= 4 is 49.6 Å². The average Bonchev–Trinajstić information content (AvgIpc) is 3.23. The van der Waals surface area contributed by atoms with Crippen LogP contribution in [0.3, 0.4) is 0 Å². The highest BCUT2D eigenvalue weighted by atomic mass is 79.9. The van der Waals surface area contributed by atoms with Gasteiger partial charge in [-0.05, 0) is 52.2 Å². The summed E-state index contributed by atoms with van der Waals surface area (Å²) in [5.41, 5.74) is 1.08. The predicted molar refractivity (Wildman–Crippen MR) is 124 cm³/mol. The summed E-state index contributed by atoms with van der Waals surface area (Å²) in [5, 5.41) is 3.30. The third-order valence-electron chi connectivity index (χ3n) is 4.72. The lowest BCUT2D eigenvalue weighted by Crippen LogP contribution is -2.38. The molecule has 4 aromatic rings. The number of halogens is 2. The quantitative estimate of drug-likeness (QED) is 0.436. The highest BCUT2D eigenvalue weighted by Gasteiger charge is 2.18. The van der Waals surface area contributed by atoms with Gasteiger partial charge >= 0.3 is 5.69 Å². The number of aromatic nitrogens is 3. The van der Waals surface area contributed by atoms with Crippen molar-refractivity contribution in [3.63, 3.8) is 0 Å². The van der Waals surface area contributed by atoms with Gasteiger partial charge in [0.2, 0.25) is 0 Å². The van der Waals surface area contributed by atoms with E-state index in [1.807, 2.05) is 6.07 Å². The number of nitrogens with one attached hydrogen (secondary N) is 1. The molecule has 158 valence electrons. The van der Waals surface area contributed by atoms with Crippen LogP contribution in [0.15, 0.2) is 63.0 Å². The number of aryl methyl sites for hydroxylation is 1. The first-order valence-electron chi connectivity index (χ1n) is 9.22. The number of hydrogen-bond acceptors (Lipinski definition) is 5. The Bertz CT molecular complexity index is 1410. The summed E-state index contributed by atoms with van der Waals surface area (Å²) in [6.07, 6.45) is 4.80. The number of thiazole rings is 1. The summed E-state index contributed by atoms with van der Waals surface area (Å²) < 4.78 is 3.22. The van der Waals surface area contributed by atoms with Crippen molar-refractivity contribution in [1.82, 2.24) is 19.3 Å². The number of fused-ring (bicyclic) bond motifs is 1. The molecule has 0 fully saturated rings. The molecule has 7 nitrogen and oxygen atoms in total. The van der Waals surface area contributed by atoms with Crippen molar-refractivity contribution in [2.45, 2.75) is 20.0 Å². The standard InChI is InChI=1S/C21H16BrClN4O3S/c1-12-19(29)26(10-13-4-5-15(22)16(23)7-13)21(30)27-11-17(31-20(12)27)18(28)25-9-14-3-2-6-24-8-14/h2-8,11H,9-10H2,1H3,(H,25,28). The van der Waals surface area contributed by atoms with Crippen molar-refractivity contribution in [3.05, 3.63) is 101 Å². The first-order chi connectivity index (χ1) is 14.8. The van der Waals surface area contributed by atoms with Crippen LogP contribution in [-0.4, -0.2) is 19.9 Å². The molecule has 0 spiro atoms. The molecule has 0 atom stereocenters. The number of carbonyl (C=O) groups is 1. The zero-order valence-corrected chi connectivity index (χ0v) is 19.4. The van der Waals surface area contributed by atoms with Gasteiger partial charge in [0.05, 0.1) is 11.6 Å². The zero-order valence-electron chi connectivity index (χ0n) is 16.3. The molecular formula is C21H16BrClN4O3S. The Morgan fingerprint density at radius 2 is 2.06 bits per heavy atom. The van der Waals surface area contributed by atoms with E-state index < -0.39 is 11.2 Å². The molecule has 1 N–H and O–H groups in total. The lowest BCUT2D eigenvalue weighted by molar-refractivity contribution is 0.0954. The van der Waals surface area contributed by atoms with Crippen LogP contribution in [-0.2, 0) is 13.1 Å². The van der Waals surface area contributed by atoms with Crippen LogP contribution >= 0.6 is 38.9 Å². The van der Waals surface area contributed by atoms with E-state index in [2.05, 4.69) is 26.2 Å².